The number of hydrogen-bond donors (Lipinski definition) is 4. The standard InChI is InChI=1S/C9H18N2O3S/c1-5(15-2)11-6-3-10-7(4-12)9(14)8(6)13/h6-10,12-14H,3-4H2,1-2H3/b11-5-/t6-,7+,8+,9+/m0/s1. The Labute approximate surface area is 93.6 Å². The third kappa shape index (κ3) is 3.15. The second-order valence-corrected chi connectivity index (χ2v) is 4.60. The van der Waals surface area contributed by atoms with Gasteiger partial charge >= 0.3 is 0 Å². The molecule has 0 aromatic carbocycles. The minimum atomic E-state index is -0.966. The van der Waals surface area contributed by atoms with Crippen LogP contribution in [0.15, 0.2) is 4.99 Å². The number of thioether (sulfide) groups is 1. The van der Waals surface area contributed by atoms with Gasteiger partial charge in [0, 0.05) is 6.54 Å². The SMILES string of the molecule is CS/C(C)=N\[C@H]1CN[C@H](CO)[C@@H](O)[C@@H]1O. The fraction of sp³-hybridized carbons (Fsp3) is 0.889. The summed E-state index contributed by atoms with van der Waals surface area (Å²) in [5.41, 5.74) is 0. The summed E-state index contributed by atoms with van der Waals surface area (Å²) >= 11 is 1.51. The lowest BCUT2D eigenvalue weighted by atomic mass is 9.95. The Hall–Kier alpha value is -0.140. The molecule has 0 aromatic rings. The Kier molecular flexibility index (Phi) is 5.01. The highest BCUT2D eigenvalue weighted by atomic mass is 32.2. The van der Waals surface area contributed by atoms with Gasteiger partial charge in [-0.1, -0.05) is 0 Å². The van der Waals surface area contributed by atoms with Gasteiger partial charge < -0.3 is 20.6 Å². The summed E-state index contributed by atoms with van der Waals surface area (Å²) < 4.78 is 0. The maximum atomic E-state index is 9.77. The summed E-state index contributed by atoms with van der Waals surface area (Å²) in [4.78, 5) is 4.28. The summed E-state index contributed by atoms with van der Waals surface area (Å²) in [7, 11) is 0. The van der Waals surface area contributed by atoms with E-state index in [4.69, 9.17) is 5.11 Å². The third-order valence-corrected chi connectivity index (χ3v) is 3.28. The molecule has 0 aliphatic carbocycles. The van der Waals surface area contributed by atoms with Gasteiger partial charge in [-0.05, 0) is 13.2 Å². The first-order valence-corrected chi connectivity index (χ1v) is 6.11. The van der Waals surface area contributed by atoms with Gasteiger partial charge in [0.05, 0.1) is 29.8 Å². The van der Waals surface area contributed by atoms with Crippen LogP contribution in [-0.4, -0.2) is 64.1 Å². The summed E-state index contributed by atoms with van der Waals surface area (Å²) in [5.74, 6) is 0. The molecule has 15 heavy (non-hydrogen) atoms. The Morgan fingerprint density at radius 3 is 2.67 bits per heavy atom. The first kappa shape index (κ1) is 12.9. The van der Waals surface area contributed by atoms with Gasteiger partial charge in [0.2, 0.25) is 0 Å². The van der Waals surface area contributed by atoms with E-state index in [1.807, 2.05) is 13.2 Å². The van der Waals surface area contributed by atoms with Crippen LogP contribution in [0.25, 0.3) is 0 Å². The van der Waals surface area contributed by atoms with E-state index in [0.717, 1.165) is 5.04 Å². The van der Waals surface area contributed by atoms with Crippen molar-refractivity contribution in [2.24, 2.45) is 4.99 Å². The highest BCUT2D eigenvalue weighted by Gasteiger charge is 2.36. The van der Waals surface area contributed by atoms with Gasteiger partial charge in [0.25, 0.3) is 0 Å². The Balaban J connectivity index is 2.64. The summed E-state index contributed by atoms with van der Waals surface area (Å²) in [6, 6.07) is -0.795. The largest absolute Gasteiger partial charge is 0.395 e. The van der Waals surface area contributed by atoms with Crippen molar-refractivity contribution in [2.45, 2.75) is 31.2 Å². The molecule has 1 rings (SSSR count). The molecule has 1 fully saturated rings. The maximum Gasteiger partial charge on any atom is 0.105 e. The van der Waals surface area contributed by atoms with Crippen molar-refractivity contribution in [3.8, 4) is 0 Å². The predicted molar refractivity (Wildman–Crippen MR) is 61.3 cm³/mol. The normalized spacial score (nSPS) is 38.1. The predicted octanol–water partition coefficient (Wildman–Crippen LogP) is -1.18. The second-order valence-electron chi connectivity index (χ2n) is 3.60. The molecular weight excluding hydrogens is 216 g/mol. The van der Waals surface area contributed by atoms with Crippen LogP contribution >= 0.6 is 11.8 Å². The molecule has 0 amide bonds. The van der Waals surface area contributed by atoms with Crippen LogP contribution in [0.5, 0.6) is 0 Å². The smallest absolute Gasteiger partial charge is 0.105 e. The first-order valence-electron chi connectivity index (χ1n) is 4.89. The fourth-order valence-corrected chi connectivity index (χ4v) is 1.80. The molecular formula is C9H18N2O3S. The summed E-state index contributed by atoms with van der Waals surface area (Å²) in [6.45, 7) is 2.15. The Morgan fingerprint density at radius 1 is 1.47 bits per heavy atom. The Morgan fingerprint density at radius 2 is 2.13 bits per heavy atom. The number of nitrogens with one attached hydrogen (secondary N) is 1. The van der Waals surface area contributed by atoms with E-state index in [1.165, 1.54) is 11.8 Å². The average Bonchev–Trinajstić information content (AvgIpc) is 2.25. The van der Waals surface area contributed by atoms with Crippen LogP contribution in [-0.2, 0) is 0 Å². The number of piperidine rings is 1. The van der Waals surface area contributed by atoms with Crippen molar-refractivity contribution >= 4 is 16.8 Å². The number of hydrogen-bond acceptors (Lipinski definition) is 6. The lowest BCUT2D eigenvalue weighted by Crippen LogP contribution is -2.60. The van der Waals surface area contributed by atoms with Crippen molar-refractivity contribution in [3.63, 3.8) is 0 Å². The molecule has 1 aliphatic heterocycles. The molecule has 0 unspecified atom stereocenters. The summed E-state index contributed by atoms with van der Waals surface area (Å²) in [5, 5.41) is 32.2. The van der Waals surface area contributed by atoms with Gasteiger partial charge in [0.1, 0.15) is 6.10 Å². The van der Waals surface area contributed by atoms with Crippen molar-refractivity contribution in [2.75, 3.05) is 19.4 Å². The van der Waals surface area contributed by atoms with E-state index in [2.05, 4.69) is 10.3 Å². The van der Waals surface area contributed by atoms with Gasteiger partial charge in [-0.2, -0.15) is 0 Å². The highest BCUT2D eigenvalue weighted by Crippen LogP contribution is 2.14. The Bertz CT molecular complexity index is 237. The molecule has 1 heterocycles. The number of rotatable bonds is 2. The zero-order chi connectivity index (χ0) is 11.4. The highest BCUT2D eigenvalue weighted by molar-refractivity contribution is 8.13. The molecule has 5 nitrogen and oxygen atoms in total. The zero-order valence-electron chi connectivity index (χ0n) is 8.92. The molecule has 4 N–H and O–H groups in total. The van der Waals surface area contributed by atoms with Crippen LogP contribution in [0.4, 0.5) is 0 Å². The molecule has 0 bridgehead atoms. The van der Waals surface area contributed by atoms with Crippen LogP contribution in [0.3, 0.4) is 0 Å². The number of aliphatic imine (C=N–C) groups is 1. The number of nitrogens with zero attached hydrogens (tertiary/aromatic N) is 1. The molecule has 1 saturated heterocycles. The van der Waals surface area contributed by atoms with Crippen LogP contribution in [0, 0.1) is 0 Å². The second kappa shape index (κ2) is 5.81. The average molecular weight is 234 g/mol. The van der Waals surface area contributed by atoms with Gasteiger partial charge in [0.15, 0.2) is 0 Å². The molecule has 6 heteroatoms. The van der Waals surface area contributed by atoms with Gasteiger partial charge in [-0.15, -0.1) is 11.8 Å². The third-order valence-electron chi connectivity index (χ3n) is 2.59. The van der Waals surface area contributed by atoms with Crippen LogP contribution in [0.2, 0.25) is 0 Å². The monoisotopic (exact) mass is 234 g/mol. The number of aliphatic hydroxyl groups excluding tert-OH is 3. The van der Waals surface area contributed by atoms with Crippen molar-refractivity contribution in [1.82, 2.24) is 5.32 Å². The lowest BCUT2D eigenvalue weighted by molar-refractivity contribution is -0.0475. The van der Waals surface area contributed by atoms with E-state index >= 15 is 0 Å². The minimum absolute atomic E-state index is 0.184. The van der Waals surface area contributed by atoms with Crippen LogP contribution < -0.4 is 5.32 Å². The van der Waals surface area contributed by atoms with Gasteiger partial charge in [-0.25, -0.2) is 0 Å². The molecule has 1 aliphatic rings. The van der Waals surface area contributed by atoms with Crippen molar-refractivity contribution < 1.29 is 15.3 Å². The van der Waals surface area contributed by atoms with Gasteiger partial charge in [-0.3, -0.25) is 4.99 Å². The summed E-state index contributed by atoms with van der Waals surface area (Å²) in [6.07, 6.45) is 0.0340. The topological polar surface area (TPSA) is 85.1 Å². The maximum absolute atomic E-state index is 9.77. The molecule has 88 valence electrons. The fourth-order valence-electron chi connectivity index (χ4n) is 1.56. The molecule has 0 spiro atoms. The van der Waals surface area contributed by atoms with Crippen molar-refractivity contribution in [1.29, 1.82) is 0 Å². The molecule has 0 saturated carbocycles. The zero-order valence-corrected chi connectivity index (χ0v) is 9.74. The van der Waals surface area contributed by atoms with E-state index in [-0.39, 0.29) is 12.6 Å². The number of aliphatic hydroxyl groups is 3. The quantitative estimate of drug-likeness (QED) is 0.357. The first-order chi connectivity index (χ1) is 7.10. The lowest BCUT2D eigenvalue weighted by Gasteiger charge is -2.36. The molecule has 4 atom stereocenters. The van der Waals surface area contributed by atoms with E-state index in [9.17, 15) is 10.2 Å². The van der Waals surface area contributed by atoms with E-state index in [1.54, 1.807) is 0 Å². The van der Waals surface area contributed by atoms with Crippen LogP contribution in [0.1, 0.15) is 6.92 Å². The molecule has 0 radical (unpaired) electrons. The molecule has 0 aromatic heterocycles. The van der Waals surface area contributed by atoms with E-state index in [0.29, 0.717) is 6.54 Å². The van der Waals surface area contributed by atoms with E-state index < -0.39 is 18.2 Å². The van der Waals surface area contributed by atoms with Crippen molar-refractivity contribution in [3.05, 3.63) is 0 Å². The minimum Gasteiger partial charge on any atom is -0.395 e.